The number of hydrogen-bond acceptors (Lipinski definition) is 5. The molecule has 1 saturated heterocycles. The first-order valence-corrected chi connectivity index (χ1v) is 9.60. The van der Waals surface area contributed by atoms with Crippen LogP contribution in [0.4, 0.5) is 11.4 Å². The molecule has 0 bridgehead atoms. The number of hydrogen-bond donors (Lipinski definition) is 1. The van der Waals surface area contributed by atoms with Crippen LogP contribution < -0.4 is 5.32 Å². The normalized spacial score (nSPS) is 16.2. The summed E-state index contributed by atoms with van der Waals surface area (Å²) in [7, 11) is 0. The van der Waals surface area contributed by atoms with Crippen molar-refractivity contribution in [1.29, 1.82) is 0 Å². The fourth-order valence-corrected chi connectivity index (χ4v) is 3.67. The van der Waals surface area contributed by atoms with Crippen LogP contribution >= 0.6 is 11.8 Å². The van der Waals surface area contributed by atoms with Crippen LogP contribution in [-0.2, 0) is 4.79 Å². The van der Waals surface area contributed by atoms with Crippen LogP contribution in [0.15, 0.2) is 88.8 Å². The Morgan fingerprint density at radius 1 is 0.931 bits per heavy atom. The maximum atomic E-state index is 12.3. The first-order valence-electron chi connectivity index (χ1n) is 8.78. The van der Waals surface area contributed by atoms with Gasteiger partial charge in [-0.2, -0.15) is 0 Å². The molecule has 1 N–H and O–H groups in total. The second kappa shape index (κ2) is 8.12. The number of amidine groups is 1. The molecule has 0 unspecified atom stereocenters. The summed E-state index contributed by atoms with van der Waals surface area (Å²) in [5, 5.41) is 14.0. The molecular weight excluding hydrogens is 386 g/mol. The molecule has 142 valence electrons. The fourth-order valence-electron chi connectivity index (χ4n) is 2.83. The van der Waals surface area contributed by atoms with Gasteiger partial charge in [-0.3, -0.25) is 14.9 Å². The van der Waals surface area contributed by atoms with Gasteiger partial charge in [-0.05, 0) is 40.6 Å². The van der Waals surface area contributed by atoms with Gasteiger partial charge in [0.2, 0.25) is 0 Å². The minimum Gasteiger partial charge on any atom is -0.300 e. The van der Waals surface area contributed by atoms with Crippen molar-refractivity contribution in [3.05, 3.63) is 99.4 Å². The Labute approximate surface area is 171 Å². The van der Waals surface area contributed by atoms with Gasteiger partial charge in [0.25, 0.3) is 11.6 Å². The highest BCUT2D eigenvalue weighted by atomic mass is 32.2. The van der Waals surface area contributed by atoms with E-state index in [9.17, 15) is 14.9 Å². The zero-order valence-corrected chi connectivity index (χ0v) is 15.9. The molecule has 3 aromatic carbocycles. The maximum absolute atomic E-state index is 12.3. The number of non-ortho nitro benzene ring substituents is 1. The predicted molar refractivity (Wildman–Crippen MR) is 116 cm³/mol. The van der Waals surface area contributed by atoms with E-state index in [1.54, 1.807) is 18.2 Å². The van der Waals surface area contributed by atoms with E-state index in [1.807, 2.05) is 54.6 Å². The summed E-state index contributed by atoms with van der Waals surface area (Å²) in [5.74, 6) is -0.244. The Bertz CT molecular complexity index is 1140. The molecule has 1 fully saturated rings. The standard InChI is InChI=1S/C22H15N3O3S/c26-21-20(13-15-9-11-17(12-10-15)16-5-2-1-3-6-16)29-22(24-21)23-18-7-4-8-19(14-18)25(27)28/h1-14H,(H,23,24,26)/b20-13+. The summed E-state index contributed by atoms with van der Waals surface area (Å²) in [5.41, 5.74) is 3.50. The molecule has 1 heterocycles. The van der Waals surface area contributed by atoms with Crippen LogP contribution in [0.3, 0.4) is 0 Å². The third kappa shape index (κ3) is 4.41. The van der Waals surface area contributed by atoms with Gasteiger partial charge in [0.1, 0.15) is 0 Å². The number of nitrogens with zero attached hydrogens (tertiary/aromatic N) is 2. The van der Waals surface area contributed by atoms with Crippen molar-refractivity contribution >= 4 is 40.3 Å². The molecule has 29 heavy (non-hydrogen) atoms. The van der Waals surface area contributed by atoms with Crippen LogP contribution in [0.1, 0.15) is 5.56 Å². The number of benzene rings is 3. The molecule has 1 aliphatic rings. The zero-order valence-electron chi connectivity index (χ0n) is 15.1. The third-order valence-corrected chi connectivity index (χ3v) is 5.15. The molecule has 7 heteroatoms. The van der Waals surface area contributed by atoms with Crippen molar-refractivity contribution in [2.45, 2.75) is 0 Å². The Balaban J connectivity index is 1.53. The molecule has 0 aromatic heterocycles. The molecule has 6 nitrogen and oxygen atoms in total. The first-order chi connectivity index (χ1) is 14.1. The summed E-state index contributed by atoms with van der Waals surface area (Å²) in [6, 6.07) is 24.0. The molecule has 1 aliphatic heterocycles. The van der Waals surface area contributed by atoms with Crippen molar-refractivity contribution in [1.82, 2.24) is 5.32 Å². The van der Waals surface area contributed by atoms with Crippen LogP contribution in [0, 0.1) is 10.1 Å². The molecule has 0 atom stereocenters. The number of carbonyl (C=O) groups excluding carboxylic acids is 1. The van der Waals surface area contributed by atoms with Gasteiger partial charge in [-0.15, -0.1) is 0 Å². The van der Waals surface area contributed by atoms with E-state index >= 15 is 0 Å². The van der Waals surface area contributed by atoms with Crippen LogP contribution in [0.2, 0.25) is 0 Å². The molecule has 0 saturated carbocycles. The van der Waals surface area contributed by atoms with Crippen molar-refractivity contribution in [3.63, 3.8) is 0 Å². The molecular formula is C22H15N3O3S. The predicted octanol–water partition coefficient (Wildman–Crippen LogP) is 5.15. The molecule has 1 amide bonds. The number of nitrogens with one attached hydrogen (secondary N) is 1. The summed E-state index contributed by atoms with van der Waals surface area (Å²) >= 11 is 1.20. The minimum atomic E-state index is -0.478. The minimum absolute atomic E-state index is 0.0459. The number of aliphatic imine (C=N–C) groups is 1. The van der Waals surface area contributed by atoms with Gasteiger partial charge in [-0.25, -0.2) is 4.99 Å². The van der Waals surface area contributed by atoms with Gasteiger partial charge in [0.05, 0.1) is 15.5 Å². The first kappa shape index (κ1) is 18.6. The average Bonchev–Trinajstić information content (AvgIpc) is 3.08. The SMILES string of the molecule is O=C1NC(=Nc2cccc([N+](=O)[O-])c2)S/C1=C/c1ccc(-c2ccccc2)cc1. The zero-order chi connectivity index (χ0) is 20.2. The Hall–Kier alpha value is -3.71. The second-order valence-electron chi connectivity index (χ2n) is 6.25. The van der Waals surface area contributed by atoms with E-state index in [1.165, 1.54) is 23.9 Å². The van der Waals surface area contributed by atoms with E-state index in [2.05, 4.69) is 10.3 Å². The molecule has 0 radical (unpaired) electrons. The van der Waals surface area contributed by atoms with Crippen molar-refractivity contribution in [2.24, 2.45) is 4.99 Å². The number of amides is 1. The van der Waals surface area contributed by atoms with E-state index in [-0.39, 0.29) is 11.6 Å². The topological polar surface area (TPSA) is 84.6 Å². The summed E-state index contributed by atoms with van der Waals surface area (Å²) < 4.78 is 0. The van der Waals surface area contributed by atoms with Gasteiger partial charge in [0.15, 0.2) is 5.17 Å². The lowest BCUT2D eigenvalue weighted by molar-refractivity contribution is -0.384. The van der Waals surface area contributed by atoms with Gasteiger partial charge < -0.3 is 5.32 Å². The van der Waals surface area contributed by atoms with Crippen molar-refractivity contribution in [2.75, 3.05) is 0 Å². The van der Waals surface area contributed by atoms with Gasteiger partial charge in [0, 0.05) is 12.1 Å². The van der Waals surface area contributed by atoms with E-state index in [0.29, 0.717) is 15.8 Å². The second-order valence-corrected chi connectivity index (χ2v) is 7.28. The number of thioether (sulfide) groups is 1. The summed E-state index contributed by atoms with van der Waals surface area (Å²) in [6.07, 6.45) is 1.80. The van der Waals surface area contributed by atoms with E-state index < -0.39 is 4.92 Å². The van der Waals surface area contributed by atoms with Crippen molar-refractivity contribution < 1.29 is 9.72 Å². The van der Waals surface area contributed by atoms with Crippen LogP contribution in [0.5, 0.6) is 0 Å². The molecule has 3 aromatic rings. The lowest BCUT2D eigenvalue weighted by Gasteiger charge is -2.02. The smallest absolute Gasteiger partial charge is 0.271 e. The number of carbonyl (C=O) groups is 1. The number of nitro groups is 1. The van der Waals surface area contributed by atoms with Crippen LogP contribution in [0.25, 0.3) is 17.2 Å². The van der Waals surface area contributed by atoms with Gasteiger partial charge in [-0.1, -0.05) is 60.7 Å². The maximum Gasteiger partial charge on any atom is 0.271 e. The Kier molecular flexibility index (Phi) is 5.22. The summed E-state index contributed by atoms with van der Waals surface area (Å²) in [6.45, 7) is 0. The Morgan fingerprint density at radius 2 is 1.66 bits per heavy atom. The average molecular weight is 401 g/mol. The monoisotopic (exact) mass is 401 g/mol. The highest BCUT2D eigenvalue weighted by molar-refractivity contribution is 8.18. The largest absolute Gasteiger partial charge is 0.300 e. The lowest BCUT2D eigenvalue weighted by Crippen LogP contribution is -2.19. The number of rotatable bonds is 4. The molecule has 4 rings (SSSR count). The molecule has 0 aliphatic carbocycles. The van der Waals surface area contributed by atoms with Crippen molar-refractivity contribution in [3.8, 4) is 11.1 Å². The number of nitro benzene ring substituents is 1. The highest BCUT2D eigenvalue weighted by Crippen LogP contribution is 2.29. The highest BCUT2D eigenvalue weighted by Gasteiger charge is 2.24. The summed E-state index contributed by atoms with van der Waals surface area (Å²) in [4.78, 5) is 27.5. The van der Waals surface area contributed by atoms with Crippen LogP contribution in [-0.4, -0.2) is 16.0 Å². The Morgan fingerprint density at radius 3 is 2.38 bits per heavy atom. The quantitative estimate of drug-likeness (QED) is 0.372. The van der Waals surface area contributed by atoms with E-state index in [0.717, 1.165) is 16.7 Å². The van der Waals surface area contributed by atoms with Gasteiger partial charge >= 0.3 is 0 Å². The fraction of sp³-hybridized carbons (Fsp3) is 0. The molecule has 0 spiro atoms. The third-order valence-electron chi connectivity index (χ3n) is 4.24. The lowest BCUT2D eigenvalue weighted by atomic mass is 10.0. The van der Waals surface area contributed by atoms with E-state index in [4.69, 9.17) is 0 Å².